The fraction of sp³-hybridized carbons (Fsp3) is 0.500. The van der Waals surface area contributed by atoms with Crippen molar-refractivity contribution < 1.29 is 17.9 Å². The van der Waals surface area contributed by atoms with Gasteiger partial charge in [-0.3, -0.25) is 9.56 Å². The van der Waals surface area contributed by atoms with Crippen molar-refractivity contribution in [2.24, 2.45) is 22.2 Å². The number of benzene rings is 2. The number of aromatic nitrogens is 3. The number of hydrogen-bond donors (Lipinski definition) is 5. The summed E-state index contributed by atoms with van der Waals surface area (Å²) in [6.07, 6.45) is -1.32. The molecule has 0 saturated carbocycles. The summed E-state index contributed by atoms with van der Waals surface area (Å²) in [7, 11) is 0. The number of nitrogens with one attached hydrogen (secondary N) is 2. The first-order valence-electron chi connectivity index (χ1n) is 17.3. The SMILES string of the molecule is CC(C)(C)c1cc2cn(-c3ccc(CNCCCN=C(N)N)cc3)c(=O)nc2[nH]1.CCC(N)COC(C)c1cc(C(C)(C)C)cc(C(F)(F)F)c1. The van der Waals surface area contributed by atoms with Crippen molar-refractivity contribution >= 4 is 17.0 Å². The number of alkyl halides is 3. The quantitative estimate of drug-likeness (QED) is 0.0630. The monoisotopic (exact) mass is 712 g/mol. The molecule has 0 radical (unpaired) electrons. The number of H-pyrrole nitrogens is 1. The Labute approximate surface area is 299 Å². The minimum atomic E-state index is -4.37. The zero-order valence-corrected chi connectivity index (χ0v) is 31.1. The number of nitrogens with two attached hydrogens (primary N) is 3. The molecular formula is C38H55F3N8O2. The van der Waals surface area contributed by atoms with E-state index in [4.69, 9.17) is 21.9 Å². The van der Waals surface area contributed by atoms with Gasteiger partial charge in [-0.15, -0.1) is 0 Å². The van der Waals surface area contributed by atoms with Gasteiger partial charge >= 0.3 is 11.9 Å². The Hall–Kier alpha value is -4.20. The summed E-state index contributed by atoms with van der Waals surface area (Å²) in [5.74, 6) is 0.123. The van der Waals surface area contributed by atoms with Crippen LogP contribution in [-0.2, 0) is 28.3 Å². The third-order valence-corrected chi connectivity index (χ3v) is 8.37. The molecule has 0 spiro atoms. The van der Waals surface area contributed by atoms with Crippen molar-refractivity contribution in [1.82, 2.24) is 19.9 Å². The highest BCUT2D eigenvalue weighted by Crippen LogP contribution is 2.36. The number of fused-ring (bicyclic) bond motifs is 1. The summed E-state index contributed by atoms with van der Waals surface area (Å²) in [5.41, 5.74) is 19.8. The lowest BCUT2D eigenvalue weighted by atomic mass is 9.84. The molecule has 13 heteroatoms. The molecule has 4 rings (SSSR count). The van der Waals surface area contributed by atoms with Crippen molar-refractivity contribution in [2.75, 3.05) is 19.7 Å². The van der Waals surface area contributed by atoms with Crippen LogP contribution in [0.2, 0.25) is 0 Å². The molecular weight excluding hydrogens is 657 g/mol. The molecule has 2 aromatic heterocycles. The highest BCUT2D eigenvalue weighted by molar-refractivity contribution is 5.76. The average Bonchev–Trinajstić information content (AvgIpc) is 3.48. The van der Waals surface area contributed by atoms with Crippen molar-refractivity contribution in [3.8, 4) is 5.69 Å². The summed E-state index contributed by atoms with van der Waals surface area (Å²) in [4.78, 5) is 23.9. The lowest BCUT2D eigenvalue weighted by Crippen LogP contribution is -2.26. The molecule has 0 bridgehead atoms. The number of aliphatic imine (C=N–C) groups is 1. The van der Waals surface area contributed by atoms with E-state index in [0.717, 1.165) is 54.3 Å². The largest absolute Gasteiger partial charge is 0.416 e. The van der Waals surface area contributed by atoms with E-state index < -0.39 is 17.8 Å². The highest BCUT2D eigenvalue weighted by atomic mass is 19.4. The minimum Gasteiger partial charge on any atom is -0.372 e. The van der Waals surface area contributed by atoms with Gasteiger partial charge in [0.15, 0.2) is 5.96 Å². The van der Waals surface area contributed by atoms with E-state index in [0.29, 0.717) is 29.9 Å². The first kappa shape index (κ1) is 41.2. The van der Waals surface area contributed by atoms with Crippen molar-refractivity contribution in [3.63, 3.8) is 0 Å². The van der Waals surface area contributed by atoms with Gasteiger partial charge in [0.1, 0.15) is 5.65 Å². The first-order chi connectivity index (χ1) is 23.7. The Balaban J connectivity index is 0.000000287. The standard InChI is InChI=1S/C21H29N7O.C17H26F3NO/c1-21(2,3)17-11-15-13-28(20(29)27-18(15)26-17)16-7-5-14(6-8-16)12-24-9-4-10-25-19(22)23;1-6-15(21)10-22-11(2)12-7-13(16(3,4)5)9-14(8-12)17(18,19)20/h5-8,11,13,24H,4,9-10,12H2,1-3H3,(H4,22,23,25)(H,26,27,29);7-9,11,15H,6,10,21H2,1-5H3. The summed E-state index contributed by atoms with van der Waals surface area (Å²) in [5, 5.41) is 4.27. The molecule has 0 aliphatic heterocycles. The molecule has 0 amide bonds. The van der Waals surface area contributed by atoms with Crippen LogP contribution in [0.5, 0.6) is 0 Å². The third-order valence-electron chi connectivity index (χ3n) is 8.37. The summed E-state index contributed by atoms with van der Waals surface area (Å²) < 4.78 is 46.5. The van der Waals surface area contributed by atoms with E-state index in [1.807, 2.05) is 58.2 Å². The molecule has 2 aromatic carbocycles. The third kappa shape index (κ3) is 12.5. The fourth-order valence-electron chi connectivity index (χ4n) is 4.97. The Morgan fingerprint density at radius 1 is 1.00 bits per heavy atom. The second kappa shape index (κ2) is 17.3. The molecule has 2 atom stereocenters. The van der Waals surface area contributed by atoms with Crippen LogP contribution in [0.4, 0.5) is 13.2 Å². The number of aromatic amines is 1. The van der Waals surface area contributed by atoms with Crippen molar-refractivity contribution in [2.45, 2.75) is 104 Å². The molecule has 2 unspecified atom stereocenters. The van der Waals surface area contributed by atoms with Gasteiger partial charge in [-0.25, -0.2) is 4.79 Å². The van der Waals surface area contributed by atoms with Crippen molar-refractivity contribution in [3.05, 3.63) is 93.2 Å². The summed E-state index contributed by atoms with van der Waals surface area (Å²) in [6.45, 7) is 18.3. The molecule has 0 aliphatic rings. The van der Waals surface area contributed by atoms with Crippen molar-refractivity contribution in [1.29, 1.82) is 0 Å². The molecule has 2 heterocycles. The van der Waals surface area contributed by atoms with Gasteiger partial charge in [-0.05, 0) is 78.7 Å². The maximum absolute atomic E-state index is 13.1. The minimum absolute atomic E-state index is 0.0352. The summed E-state index contributed by atoms with van der Waals surface area (Å²) in [6, 6.07) is 14.0. The van der Waals surface area contributed by atoms with E-state index in [1.165, 1.54) is 6.07 Å². The van der Waals surface area contributed by atoms with E-state index >= 15 is 0 Å². The lowest BCUT2D eigenvalue weighted by molar-refractivity contribution is -0.137. The zero-order chi connectivity index (χ0) is 38.1. The number of nitrogens with zero attached hydrogens (tertiary/aromatic N) is 3. The van der Waals surface area contributed by atoms with Gasteiger partial charge in [0.25, 0.3) is 0 Å². The van der Waals surface area contributed by atoms with Crippen LogP contribution in [0.3, 0.4) is 0 Å². The Morgan fingerprint density at radius 3 is 2.22 bits per heavy atom. The second-order valence-electron chi connectivity index (χ2n) is 14.9. The number of ether oxygens (including phenoxy) is 1. The fourth-order valence-corrected chi connectivity index (χ4v) is 4.97. The first-order valence-corrected chi connectivity index (χ1v) is 17.3. The molecule has 10 nitrogen and oxygen atoms in total. The van der Waals surface area contributed by atoms with Crippen LogP contribution in [0.1, 0.15) is 102 Å². The zero-order valence-electron chi connectivity index (χ0n) is 31.1. The van der Waals surface area contributed by atoms with Crippen LogP contribution in [-0.4, -0.2) is 46.2 Å². The molecule has 280 valence electrons. The van der Waals surface area contributed by atoms with E-state index in [1.54, 1.807) is 17.6 Å². The van der Waals surface area contributed by atoms with Crippen LogP contribution in [0.15, 0.2) is 64.5 Å². The van der Waals surface area contributed by atoms with Crippen LogP contribution < -0.4 is 28.2 Å². The second-order valence-corrected chi connectivity index (χ2v) is 14.9. The Bertz CT molecular complexity index is 1760. The molecule has 8 N–H and O–H groups in total. The molecule has 51 heavy (non-hydrogen) atoms. The van der Waals surface area contributed by atoms with Gasteiger partial charge in [-0.2, -0.15) is 18.2 Å². The lowest BCUT2D eigenvalue weighted by Gasteiger charge is -2.24. The maximum Gasteiger partial charge on any atom is 0.416 e. The van der Waals surface area contributed by atoms with Crippen LogP contribution >= 0.6 is 0 Å². The average molecular weight is 713 g/mol. The summed E-state index contributed by atoms with van der Waals surface area (Å²) >= 11 is 0. The topological polar surface area (TPSA) is 162 Å². The smallest absolute Gasteiger partial charge is 0.372 e. The van der Waals surface area contributed by atoms with Gasteiger partial charge in [0.05, 0.1) is 24.0 Å². The number of rotatable bonds is 12. The van der Waals surface area contributed by atoms with Crippen LogP contribution in [0, 0.1) is 0 Å². The van der Waals surface area contributed by atoms with Gasteiger partial charge < -0.3 is 32.2 Å². The molecule has 4 aromatic rings. The maximum atomic E-state index is 13.1. The van der Waals surface area contributed by atoms with Gasteiger partial charge in [-0.1, -0.05) is 66.7 Å². The number of hydrogen-bond acceptors (Lipinski definition) is 6. The highest BCUT2D eigenvalue weighted by Gasteiger charge is 2.33. The Morgan fingerprint density at radius 2 is 1.65 bits per heavy atom. The molecule has 0 fully saturated rings. The van der Waals surface area contributed by atoms with E-state index in [2.05, 4.69) is 47.1 Å². The predicted molar refractivity (Wildman–Crippen MR) is 200 cm³/mol. The van der Waals surface area contributed by atoms with E-state index in [9.17, 15) is 18.0 Å². The normalized spacial score (nSPS) is 13.4. The number of guanidine groups is 1. The number of halogens is 3. The predicted octanol–water partition coefficient (Wildman–Crippen LogP) is 6.58. The van der Waals surface area contributed by atoms with Gasteiger partial charge in [0, 0.05) is 41.8 Å². The van der Waals surface area contributed by atoms with E-state index in [-0.39, 0.29) is 28.5 Å². The molecule has 0 saturated heterocycles. The molecule has 0 aliphatic carbocycles. The van der Waals surface area contributed by atoms with Gasteiger partial charge in [0.2, 0.25) is 0 Å². The Kier molecular flexibility index (Phi) is 14.0. The van der Waals surface area contributed by atoms with Crippen LogP contribution in [0.25, 0.3) is 16.7 Å².